The SMILES string of the molecule is CCONOCC.C[NH+](C)[O-]. The van der Waals surface area contributed by atoms with E-state index in [-0.39, 0.29) is 5.06 Å². The predicted octanol–water partition coefficient (Wildman–Crippen LogP) is -0.892. The zero-order valence-corrected chi connectivity index (χ0v) is 7.64. The van der Waals surface area contributed by atoms with E-state index in [9.17, 15) is 5.21 Å². The average molecular weight is 166 g/mol. The van der Waals surface area contributed by atoms with Gasteiger partial charge >= 0.3 is 0 Å². The molecule has 0 aromatic carbocycles. The van der Waals surface area contributed by atoms with E-state index >= 15 is 0 Å². The van der Waals surface area contributed by atoms with Crippen LogP contribution in [0.1, 0.15) is 13.8 Å². The molecule has 0 radical (unpaired) electrons. The van der Waals surface area contributed by atoms with Crippen molar-refractivity contribution in [2.24, 2.45) is 0 Å². The minimum Gasteiger partial charge on any atom is -0.635 e. The molecule has 0 amide bonds. The van der Waals surface area contributed by atoms with E-state index in [4.69, 9.17) is 0 Å². The lowest BCUT2D eigenvalue weighted by molar-refractivity contribution is -0.802. The summed E-state index contributed by atoms with van der Waals surface area (Å²) < 4.78 is 0. The van der Waals surface area contributed by atoms with Crippen molar-refractivity contribution in [3.63, 3.8) is 0 Å². The van der Waals surface area contributed by atoms with E-state index in [0.29, 0.717) is 13.2 Å². The molecule has 0 rings (SSSR count). The van der Waals surface area contributed by atoms with Crippen LogP contribution >= 0.6 is 0 Å². The van der Waals surface area contributed by atoms with Gasteiger partial charge in [0.05, 0.1) is 27.3 Å². The predicted molar refractivity (Wildman–Crippen MR) is 42.6 cm³/mol. The highest BCUT2D eigenvalue weighted by Crippen LogP contribution is 1.64. The Kier molecular flexibility index (Phi) is 15.2. The van der Waals surface area contributed by atoms with Crippen molar-refractivity contribution in [2.75, 3.05) is 27.3 Å². The van der Waals surface area contributed by atoms with Gasteiger partial charge in [0.15, 0.2) is 0 Å². The molecule has 5 nitrogen and oxygen atoms in total. The fourth-order valence-corrected chi connectivity index (χ4v) is 0.160. The lowest BCUT2D eigenvalue weighted by Crippen LogP contribution is -3.00. The molecule has 0 unspecified atom stereocenters. The van der Waals surface area contributed by atoms with Crippen molar-refractivity contribution in [1.29, 1.82) is 0 Å². The Morgan fingerprint density at radius 1 is 1.18 bits per heavy atom. The van der Waals surface area contributed by atoms with Crippen LogP contribution < -0.4 is 10.7 Å². The summed E-state index contributed by atoms with van der Waals surface area (Å²) in [6, 6.07) is 0. The topological polar surface area (TPSA) is 58.0 Å². The maximum Gasteiger partial charge on any atom is 0.0680 e. The smallest absolute Gasteiger partial charge is 0.0680 e. The Morgan fingerprint density at radius 2 is 1.45 bits per heavy atom. The molecule has 0 aliphatic heterocycles. The molecule has 11 heavy (non-hydrogen) atoms. The number of hydrogen-bond acceptors (Lipinski definition) is 4. The second-order valence-corrected chi connectivity index (χ2v) is 1.86. The van der Waals surface area contributed by atoms with Gasteiger partial charge in [-0.15, -0.1) is 0 Å². The summed E-state index contributed by atoms with van der Waals surface area (Å²) in [5.41, 5.74) is 2.28. The van der Waals surface area contributed by atoms with Crippen molar-refractivity contribution < 1.29 is 14.7 Å². The van der Waals surface area contributed by atoms with E-state index in [1.165, 1.54) is 14.1 Å². The number of rotatable bonds is 4. The maximum absolute atomic E-state index is 9.44. The minimum absolute atomic E-state index is 0.167. The van der Waals surface area contributed by atoms with Crippen LogP contribution in [0.15, 0.2) is 0 Å². The van der Waals surface area contributed by atoms with Gasteiger partial charge in [-0.2, -0.15) is 0 Å². The van der Waals surface area contributed by atoms with Crippen LogP contribution in [0.5, 0.6) is 0 Å². The third kappa shape index (κ3) is 41.3. The minimum atomic E-state index is 0.167. The number of hydroxylamine groups is 2. The summed E-state index contributed by atoms with van der Waals surface area (Å²) in [6.07, 6.45) is 0. The normalized spacial score (nSPS) is 9.27. The van der Waals surface area contributed by atoms with Gasteiger partial charge in [0.25, 0.3) is 0 Å². The van der Waals surface area contributed by atoms with Gasteiger partial charge in [0, 0.05) is 0 Å². The van der Waals surface area contributed by atoms with E-state index in [0.717, 1.165) is 0 Å². The first-order chi connectivity index (χ1) is 5.15. The lowest BCUT2D eigenvalue weighted by Gasteiger charge is -2.04. The number of quaternary nitrogens is 1. The zero-order chi connectivity index (χ0) is 9.11. The van der Waals surface area contributed by atoms with Crippen molar-refractivity contribution in [1.82, 2.24) is 5.64 Å². The molecule has 0 aromatic rings. The molecule has 0 spiro atoms. The first-order valence-electron chi connectivity index (χ1n) is 3.60. The van der Waals surface area contributed by atoms with Gasteiger partial charge in [0.2, 0.25) is 0 Å². The Bertz CT molecular complexity index is 55.0. The highest BCUT2D eigenvalue weighted by molar-refractivity contribution is 3.99. The maximum atomic E-state index is 9.44. The largest absolute Gasteiger partial charge is 0.635 e. The van der Waals surface area contributed by atoms with Gasteiger partial charge in [-0.1, -0.05) is 5.64 Å². The summed E-state index contributed by atoms with van der Waals surface area (Å²) in [6.45, 7) is 5.01. The van der Waals surface area contributed by atoms with Crippen molar-refractivity contribution in [3.05, 3.63) is 5.21 Å². The standard InChI is InChI=1S/C4H11NO2.C2H7NO/c1-3-6-5-7-4-2;1-3(2)4/h5H,3-4H2,1-2H3;3H,1-2H3. The lowest BCUT2D eigenvalue weighted by atomic mass is 10.9. The van der Waals surface area contributed by atoms with Crippen LogP contribution in [-0.2, 0) is 9.68 Å². The molecule has 0 fully saturated rings. The summed E-state index contributed by atoms with van der Waals surface area (Å²) in [4.78, 5) is 9.20. The highest BCUT2D eigenvalue weighted by Gasteiger charge is 1.74. The highest BCUT2D eigenvalue weighted by atomic mass is 16.9. The monoisotopic (exact) mass is 166 g/mol. The molecule has 0 aromatic heterocycles. The molecular formula is C6H18N2O3. The van der Waals surface area contributed by atoms with E-state index in [1.807, 2.05) is 13.8 Å². The first-order valence-corrected chi connectivity index (χ1v) is 3.60. The average Bonchev–Trinajstić information content (AvgIpc) is 1.88. The molecule has 0 heterocycles. The van der Waals surface area contributed by atoms with Gasteiger partial charge in [0.1, 0.15) is 0 Å². The second kappa shape index (κ2) is 12.5. The summed E-state index contributed by atoms with van der Waals surface area (Å²) in [5.74, 6) is 0. The molecule has 0 aliphatic carbocycles. The second-order valence-electron chi connectivity index (χ2n) is 1.86. The van der Waals surface area contributed by atoms with Crippen molar-refractivity contribution >= 4 is 0 Å². The zero-order valence-electron chi connectivity index (χ0n) is 7.64. The molecule has 0 saturated carbocycles. The third-order valence-corrected chi connectivity index (χ3v) is 0.407. The summed E-state index contributed by atoms with van der Waals surface area (Å²) >= 11 is 0. The fraction of sp³-hybridized carbons (Fsp3) is 1.00. The van der Waals surface area contributed by atoms with Crippen LogP contribution in [0.2, 0.25) is 0 Å². The molecular weight excluding hydrogens is 148 g/mol. The van der Waals surface area contributed by atoms with Gasteiger partial charge in [-0.05, 0) is 13.8 Å². The van der Waals surface area contributed by atoms with Gasteiger partial charge < -0.3 is 10.3 Å². The Morgan fingerprint density at radius 3 is 1.64 bits per heavy atom. The first kappa shape index (κ1) is 13.4. The van der Waals surface area contributed by atoms with Crippen molar-refractivity contribution in [2.45, 2.75) is 13.8 Å². The Balaban J connectivity index is 0. The Hall–Kier alpha value is -0.200. The molecule has 70 valence electrons. The molecule has 0 aliphatic rings. The van der Waals surface area contributed by atoms with Gasteiger partial charge in [-0.3, -0.25) is 9.68 Å². The number of hydrogen-bond donors (Lipinski definition) is 2. The van der Waals surface area contributed by atoms with Crippen LogP contribution in [-0.4, -0.2) is 27.3 Å². The molecule has 0 atom stereocenters. The Labute approximate surface area is 67.8 Å². The van der Waals surface area contributed by atoms with E-state index in [1.54, 1.807) is 0 Å². The molecule has 0 bridgehead atoms. The molecule has 2 N–H and O–H groups in total. The van der Waals surface area contributed by atoms with Crippen molar-refractivity contribution in [3.8, 4) is 0 Å². The number of nitrogens with one attached hydrogen (secondary N) is 2. The third-order valence-electron chi connectivity index (χ3n) is 0.407. The van der Waals surface area contributed by atoms with Crippen LogP contribution in [0, 0.1) is 5.21 Å². The van der Waals surface area contributed by atoms with Crippen LogP contribution in [0.3, 0.4) is 0 Å². The van der Waals surface area contributed by atoms with E-state index < -0.39 is 0 Å². The molecule has 5 heteroatoms. The molecule has 0 saturated heterocycles. The van der Waals surface area contributed by atoms with Crippen LogP contribution in [0.4, 0.5) is 0 Å². The van der Waals surface area contributed by atoms with E-state index in [2.05, 4.69) is 15.3 Å². The summed E-state index contributed by atoms with van der Waals surface area (Å²) in [5, 5.41) is 9.61. The quantitative estimate of drug-likeness (QED) is 0.420. The summed E-state index contributed by atoms with van der Waals surface area (Å²) in [7, 11) is 3.06. The fourth-order valence-electron chi connectivity index (χ4n) is 0.160. The van der Waals surface area contributed by atoms with Crippen LogP contribution in [0.25, 0.3) is 0 Å². The van der Waals surface area contributed by atoms with Gasteiger partial charge in [-0.25, -0.2) is 0 Å².